The molecule has 2 atom stereocenters. The summed E-state index contributed by atoms with van der Waals surface area (Å²) in [5, 5.41) is 12.1. The van der Waals surface area contributed by atoms with Gasteiger partial charge in [0.05, 0.1) is 0 Å². The summed E-state index contributed by atoms with van der Waals surface area (Å²) < 4.78 is 0. The van der Waals surface area contributed by atoms with Crippen LogP contribution in [0.3, 0.4) is 0 Å². The lowest BCUT2D eigenvalue weighted by Gasteiger charge is -2.44. The van der Waals surface area contributed by atoms with Gasteiger partial charge in [-0.2, -0.15) is 0 Å². The zero-order valence-electron chi connectivity index (χ0n) is 12.5. The molecule has 21 heavy (non-hydrogen) atoms. The van der Waals surface area contributed by atoms with E-state index < -0.39 is 0 Å². The van der Waals surface area contributed by atoms with E-state index in [4.69, 9.17) is 10.9 Å². The molecule has 0 aromatic heterocycles. The van der Waals surface area contributed by atoms with Crippen LogP contribution in [-0.4, -0.2) is 28.5 Å². The van der Waals surface area contributed by atoms with Crippen molar-refractivity contribution in [3.63, 3.8) is 0 Å². The highest BCUT2D eigenvalue weighted by Crippen LogP contribution is 2.36. The maximum absolute atomic E-state index is 8.96. The molecule has 0 amide bonds. The molecule has 1 aromatic carbocycles. The Morgan fingerprint density at radius 1 is 1.19 bits per heavy atom. The van der Waals surface area contributed by atoms with Crippen molar-refractivity contribution in [3.05, 3.63) is 35.4 Å². The Balaban J connectivity index is 1.79. The fourth-order valence-electron chi connectivity index (χ4n) is 4.10. The van der Waals surface area contributed by atoms with Crippen LogP contribution in [0.5, 0.6) is 0 Å². The molecule has 1 saturated heterocycles. The molecular formula is C17H25N3O. The number of amidine groups is 1. The number of benzene rings is 1. The van der Waals surface area contributed by atoms with Gasteiger partial charge in [0.15, 0.2) is 5.84 Å². The first-order valence-electron chi connectivity index (χ1n) is 8.09. The summed E-state index contributed by atoms with van der Waals surface area (Å²) in [5.74, 6) is 1.09. The minimum absolute atomic E-state index is 0.211. The summed E-state index contributed by atoms with van der Waals surface area (Å²) in [5.41, 5.74) is 7.84. The minimum Gasteiger partial charge on any atom is -0.409 e. The normalized spacial score (nSPS) is 27.3. The highest BCUT2D eigenvalue weighted by Gasteiger charge is 2.33. The zero-order chi connectivity index (χ0) is 14.7. The lowest BCUT2D eigenvalue weighted by atomic mass is 9.78. The van der Waals surface area contributed by atoms with Crippen LogP contribution in [0.4, 0.5) is 0 Å². The zero-order valence-corrected chi connectivity index (χ0v) is 12.5. The molecule has 4 heteroatoms. The van der Waals surface area contributed by atoms with Gasteiger partial charge >= 0.3 is 0 Å². The average molecular weight is 287 g/mol. The van der Waals surface area contributed by atoms with Crippen LogP contribution in [0, 0.1) is 5.92 Å². The van der Waals surface area contributed by atoms with Gasteiger partial charge in [0.1, 0.15) is 0 Å². The number of nitrogens with zero attached hydrogens (tertiary/aromatic N) is 2. The molecule has 3 rings (SSSR count). The molecule has 2 aliphatic rings. The molecule has 1 heterocycles. The standard InChI is InChI=1S/C17H25N3O/c18-17(19-21)15-9-3-1-7-14(15)12-20-11-5-8-13-6-2-4-10-16(13)20/h1,3,7,9,13,16,21H,2,4-6,8,10-12H2,(H2,18,19)/t13-,16-/m1/s1. The number of fused-ring (bicyclic) bond motifs is 1. The van der Waals surface area contributed by atoms with E-state index in [1.807, 2.05) is 18.2 Å². The average Bonchev–Trinajstić information content (AvgIpc) is 2.55. The molecule has 0 unspecified atom stereocenters. The molecule has 114 valence electrons. The van der Waals surface area contributed by atoms with Gasteiger partial charge in [0.25, 0.3) is 0 Å². The van der Waals surface area contributed by atoms with Gasteiger partial charge in [0, 0.05) is 18.2 Å². The number of oxime groups is 1. The number of likely N-dealkylation sites (tertiary alicyclic amines) is 1. The SMILES string of the molecule is N/C(=N/O)c1ccccc1CN1CCC[C@H]2CCCC[C@H]21. The van der Waals surface area contributed by atoms with E-state index in [0.717, 1.165) is 24.1 Å². The number of hydrogen-bond donors (Lipinski definition) is 2. The number of rotatable bonds is 3. The number of nitrogens with two attached hydrogens (primary N) is 1. The van der Waals surface area contributed by atoms with E-state index >= 15 is 0 Å². The quantitative estimate of drug-likeness (QED) is 0.389. The second kappa shape index (κ2) is 6.48. The summed E-state index contributed by atoms with van der Waals surface area (Å²) >= 11 is 0. The van der Waals surface area contributed by atoms with Crippen LogP contribution < -0.4 is 5.73 Å². The summed E-state index contributed by atoms with van der Waals surface area (Å²) in [4.78, 5) is 2.62. The van der Waals surface area contributed by atoms with E-state index in [0.29, 0.717) is 0 Å². The molecule has 1 aliphatic heterocycles. The molecule has 0 spiro atoms. The van der Waals surface area contributed by atoms with Crippen LogP contribution in [0.15, 0.2) is 29.4 Å². The molecular weight excluding hydrogens is 262 g/mol. The van der Waals surface area contributed by atoms with Crippen LogP contribution >= 0.6 is 0 Å². The van der Waals surface area contributed by atoms with E-state index in [-0.39, 0.29) is 5.84 Å². The van der Waals surface area contributed by atoms with Gasteiger partial charge in [-0.05, 0) is 43.7 Å². The Morgan fingerprint density at radius 3 is 2.81 bits per heavy atom. The molecule has 1 aliphatic carbocycles. The second-order valence-electron chi connectivity index (χ2n) is 6.37. The first kappa shape index (κ1) is 14.4. The fourth-order valence-corrected chi connectivity index (χ4v) is 4.10. The van der Waals surface area contributed by atoms with Crippen molar-refractivity contribution in [2.45, 2.75) is 51.1 Å². The van der Waals surface area contributed by atoms with Gasteiger partial charge in [0.2, 0.25) is 0 Å². The summed E-state index contributed by atoms with van der Waals surface area (Å²) in [6, 6.07) is 8.74. The molecule has 1 saturated carbocycles. The van der Waals surface area contributed by atoms with E-state index in [1.54, 1.807) is 0 Å². The third kappa shape index (κ3) is 3.05. The second-order valence-corrected chi connectivity index (χ2v) is 6.37. The first-order valence-corrected chi connectivity index (χ1v) is 8.09. The third-order valence-corrected chi connectivity index (χ3v) is 5.13. The lowest BCUT2D eigenvalue weighted by Crippen LogP contribution is -2.46. The monoisotopic (exact) mass is 287 g/mol. The highest BCUT2D eigenvalue weighted by atomic mass is 16.4. The summed E-state index contributed by atoms with van der Waals surface area (Å²) in [6.07, 6.45) is 8.17. The Hall–Kier alpha value is -1.55. The topological polar surface area (TPSA) is 61.9 Å². The molecule has 3 N–H and O–H groups in total. The van der Waals surface area contributed by atoms with Crippen molar-refractivity contribution in [2.75, 3.05) is 6.54 Å². The maximum Gasteiger partial charge on any atom is 0.170 e. The Labute approximate surface area is 126 Å². The van der Waals surface area contributed by atoms with Gasteiger partial charge < -0.3 is 10.9 Å². The molecule has 0 radical (unpaired) electrons. The van der Waals surface area contributed by atoms with Gasteiger partial charge in [-0.25, -0.2) is 0 Å². The van der Waals surface area contributed by atoms with Gasteiger partial charge in [-0.3, -0.25) is 4.90 Å². The maximum atomic E-state index is 8.96. The van der Waals surface area contributed by atoms with Gasteiger partial charge in [-0.15, -0.1) is 0 Å². The Bertz CT molecular complexity index is 513. The van der Waals surface area contributed by atoms with E-state index in [9.17, 15) is 0 Å². The summed E-state index contributed by atoms with van der Waals surface area (Å²) in [7, 11) is 0. The minimum atomic E-state index is 0.211. The van der Waals surface area contributed by atoms with Crippen molar-refractivity contribution in [1.29, 1.82) is 0 Å². The number of hydrogen-bond acceptors (Lipinski definition) is 3. The van der Waals surface area contributed by atoms with Crippen LogP contribution in [0.25, 0.3) is 0 Å². The Morgan fingerprint density at radius 2 is 1.95 bits per heavy atom. The molecule has 1 aromatic rings. The number of piperidine rings is 1. The third-order valence-electron chi connectivity index (χ3n) is 5.13. The highest BCUT2D eigenvalue weighted by molar-refractivity contribution is 5.98. The van der Waals surface area contributed by atoms with E-state index in [1.165, 1.54) is 50.6 Å². The van der Waals surface area contributed by atoms with Crippen molar-refractivity contribution >= 4 is 5.84 Å². The predicted octanol–water partition coefficient (Wildman–Crippen LogP) is 2.94. The predicted molar refractivity (Wildman–Crippen MR) is 84.3 cm³/mol. The molecule has 2 fully saturated rings. The van der Waals surface area contributed by atoms with Gasteiger partial charge in [-0.1, -0.05) is 42.3 Å². The Kier molecular flexibility index (Phi) is 4.44. The van der Waals surface area contributed by atoms with Crippen LogP contribution in [-0.2, 0) is 6.54 Å². The van der Waals surface area contributed by atoms with Crippen molar-refractivity contribution in [1.82, 2.24) is 4.90 Å². The van der Waals surface area contributed by atoms with Crippen LogP contribution in [0.2, 0.25) is 0 Å². The smallest absolute Gasteiger partial charge is 0.170 e. The van der Waals surface area contributed by atoms with Crippen molar-refractivity contribution in [3.8, 4) is 0 Å². The molecule has 0 bridgehead atoms. The lowest BCUT2D eigenvalue weighted by molar-refractivity contribution is 0.0546. The van der Waals surface area contributed by atoms with Crippen molar-refractivity contribution in [2.24, 2.45) is 16.8 Å². The largest absolute Gasteiger partial charge is 0.409 e. The van der Waals surface area contributed by atoms with Crippen molar-refractivity contribution < 1.29 is 5.21 Å². The van der Waals surface area contributed by atoms with Crippen LogP contribution in [0.1, 0.15) is 49.7 Å². The first-order chi connectivity index (χ1) is 10.3. The fraction of sp³-hybridized carbons (Fsp3) is 0.588. The van der Waals surface area contributed by atoms with E-state index in [2.05, 4.69) is 16.1 Å². The molecule has 4 nitrogen and oxygen atoms in total. The summed E-state index contributed by atoms with van der Waals surface area (Å²) in [6.45, 7) is 2.08.